The van der Waals surface area contributed by atoms with Gasteiger partial charge in [0, 0.05) is 35.9 Å². The molecule has 7 heteroatoms. The molecule has 3 aromatic rings. The minimum Gasteiger partial charge on any atom is -0.384 e. The summed E-state index contributed by atoms with van der Waals surface area (Å²) in [6.07, 6.45) is 7.64. The molecule has 0 atom stereocenters. The number of carbonyl (C=O) groups excluding carboxylic acids is 1. The van der Waals surface area contributed by atoms with Crippen molar-refractivity contribution >= 4 is 23.4 Å². The Labute approximate surface area is 156 Å². The summed E-state index contributed by atoms with van der Waals surface area (Å²) in [4.78, 5) is 25.0. The Hall–Kier alpha value is -3.48. The summed E-state index contributed by atoms with van der Waals surface area (Å²) in [7, 11) is 0. The van der Waals surface area contributed by atoms with Crippen LogP contribution in [0.5, 0.6) is 0 Å². The normalized spacial score (nSPS) is 15.0. The van der Waals surface area contributed by atoms with Gasteiger partial charge < -0.3 is 16.8 Å². The van der Waals surface area contributed by atoms with Gasteiger partial charge in [0.1, 0.15) is 5.82 Å². The van der Waals surface area contributed by atoms with Crippen molar-refractivity contribution in [3.05, 3.63) is 60.6 Å². The molecule has 1 aliphatic rings. The molecule has 136 valence electrons. The van der Waals surface area contributed by atoms with E-state index >= 15 is 0 Å². The quantitative estimate of drug-likeness (QED) is 0.658. The van der Waals surface area contributed by atoms with E-state index in [0.29, 0.717) is 11.5 Å². The molecule has 0 unspecified atom stereocenters. The number of benzene rings is 1. The van der Waals surface area contributed by atoms with E-state index in [9.17, 15) is 4.79 Å². The number of nitrogens with two attached hydrogens (primary N) is 2. The van der Waals surface area contributed by atoms with Crippen LogP contribution in [0.15, 0.2) is 55.0 Å². The Morgan fingerprint density at radius 3 is 2.26 bits per heavy atom. The molecule has 0 radical (unpaired) electrons. The number of aromatic nitrogens is 3. The highest BCUT2D eigenvalue weighted by Gasteiger charge is 2.45. The molecule has 2 aromatic heterocycles. The minimum atomic E-state index is -0.506. The molecule has 4 rings (SSSR count). The number of amides is 1. The van der Waals surface area contributed by atoms with Gasteiger partial charge in [-0.15, -0.1) is 0 Å². The maximum atomic E-state index is 13.0. The number of nitrogens with zero attached hydrogens (tertiary/aromatic N) is 3. The van der Waals surface area contributed by atoms with E-state index in [2.05, 4.69) is 20.3 Å². The molecule has 0 saturated heterocycles. The second-order valence-electron chi connectivity index (χ2n) is 6.77. The Balaban J connectivity index is 1.58. The van der Waals surface area contributed by atoms with Gasteiger partial charge in [0.25, 0.3) is 0 Å². The first-order valence-corrected chi connectivity index (χ1v) is 8.78. The van der Waals surface area contributed by atoms with Gasteiger partial charge in [-0.3, -0.25) is 4.79 Å². The first-order valence-electron chi connectivity index (χ1n) is 8.78. The summed E-state index contributed by atoms with van der Waals surface area (Å²) < 4.78 is 0. The molecule has 0 aliphatic heterocycles. The molecule has 1 fully saturated rings. The van der Waals surface area contributed by atoms with Gasteiger partial charge in [-0.05, 0) is 30.0 Å². The van der Waals surface area contributed by atoms with Gasteiger partial charge >= 0.3 is 0 Å². The third kappa shape index (κ3) is 3.19. The first-order chi connectivity index (χ1) is 13.1. The zero-order valence-electron chi connectivity index (χ0n) is 14.7. The lowest BCUT2D eigenvalue weighted by molar-refractivity contribution is -0.124. The Morgan fingerprint density at radius 1 is 0.963 bits per heavy atom. The number of rotatable bonds is 4. The number of hydrogen-bond donors (Lipinski definition) is 3. The molecule has 1 aromatic carbocycles. The van der Waals surface area contributed by atoms with Crippen LogP contribution in [0.2, 0.25) is 0 Å². The van der Waals surface area contributed by atoms with Crippen LogP contribution in [-0.4, -0.2) is 20.9 Å². The highest BCUT2D eigenvalue weighted by Crippen LogP contribution is 2.45. The van der Waals surface area contributed by atoms with E-state index < -0.39 is 5.41 Å². The molecular formula is C20H20N6O. The van der Waals surface area contributed by atoms with Crippen LogP contribution in [0.3, 0.4) is 0 Å². The highest BCUT2D eigenvalue weighted by molar-refractivity contribution is 6.00. The highest BCUT2D eigenvalue weighted by atomic mass is 16.2. The second-order valence-corrected chi connectivity index (χ2v) is 6.77. The van der Waals surface area contributed by atoms with Crippen molar-refractivity contribution in [3.63, 3.8) is 0 Å². The summed E-state index contributed by atoms with van der Waals surface area (Å²) >= 11 is 0. The average molecular weight is 360 g/mol. The number of anilines is 3. The van der Waals surface area contributed by atoms with E-state index in [-0.39, 0.29) is 11.9 Å². The molecule has 0 spiro atoms. The Morgan fingerprint density at radius 2 is 1.67 bits per heavy atom. The Kier molecular flexibility index (Phi) is 4.19. The van der Waals surface area contributed by atoms with E-state index in [1.54, 1.807) is 30.7 Å². The van der Waals surface area contributed by atoms with Crippen molar-refractivity contribution in [2.45, 2.75) is 24.7 Å². The van der Waals surface area contributed by atoms with Crippen LogP contribution in [0.25, 0.3) is 11.1 Å². The van der Waals surface area contributed by atoms with Crippen molar-refractivity contribution in [2.24, 2.45) is 0 Å². The molecule has 1 aliphatic carbocycles. The van der Waals surface area contributed by atoms with Gasteiger partial charge in [0.05, 0.1) is 5.41 Å². The predicted molar refractivity (Wildman–Crippen MR) is 105 cm³/mol. The lowest BCUT2D eigenvalue weighted by Crippen LogP contribution is -2.46. The van der Waals surface area contributed by atoms with Crippen molar-refractivity contribution in [2.75, 3.05) is 16.8 Å². The maximum Gasteiger partial charge on any atom is 0.235 e. The predicted octanol–water partition coefficient (Wildman–Crippen LogP) is 2.76. The molecule has 27 heavy (non-hydrogen) atoms. The second kappa shape index (κ2) is 6.68. The third-order valence-electron chi connectivity index (χ3n) is 5.12. The number of pyridine rings is 1. The summed E-state index contributed by atoms with van der Waals surface area (Å²) in [5.41, 5.74) is 14.3. The van der Waals surface area contributed by atoms with Crippen LogP contribution in [0.1, 0.15) is 24.8 Å². The van der Waals surface area contributed by atoms with Crippen molar-refractivity contribution < 1.29 is 4.79 Å². The van der Waals surface area contributed by atoms with Crippen LogP contribution in [-0.2, 0) is 10.2 Å². The van der Waals surface area contributed by atoms with E-state index in [1.165, 1.54) is 0 Å². The van der Waals surface area contributed by atoms with Gasteiger partial charge in [0.15, 0.2) is 0 Å². The molecule has 2 heterocycles. The summed E-state index contributed by atoms with van der Waals surface area (Å²) in [6, 6.07) is 11.4. The van der Waals surface area contributed by atoms with Crippen LogP contribution in [0.4, 0.5) is 17.5 Å². The van der Waals surface area contributed by atoms with Crippen LogP contribution in [0, 0.1) is 0 Å². The standard InChI is InChI=1S/C20H20N6O/c21-17-10-16(6-9-23-17)26-18(27)20(7-1-8-20)15-4-2-13(3-5-15)14-11-24-19(22)25-12-14/h2-6,9-12H,1,7-8H2,(H2,22,24,25)(H3,21,23,26,27). The number of nitrogens with one attached hydrogen (secondary N) is 1. The first kappa shape index (κ1) is 17.0. The summed E-state index contributed by atoms with van der Waals surface area (Å²) in [5.74, 6) is 0.616. The van der Waals surface area contributed by atoms with Gasteiger partial charge in [-0.25, -0.2) is 15.0 Å². The van der Waals surface area contributed by atoms with Gasteiger partial charge in [0.2, 0.25) is 11.9 Å². The van der Waals surface area contributed by atoms with Crippen LogP contribution < -0.4 is 16.8 Å². The van der Waals surface area contributed by atoms with E-state index in [4.69, 9.17) is 11.5 Å². The van der Waals surface area contributed by atoms with Crippen molar-refractivity contribution in [1.29, 1.82) is 0 Å². The monoisotopic (exact) mass is 360 g/mol. The van der Waals surface area contributed by atoms with E-state index in [0.717, 1.165) is 36.0 Å². The summed E-state index contributed by atoms with van der Waals surface area (Å²) in [6.45, 7) is 0. The SMILES string of the molecule is Nc1cc(NC(=O)C2(c3ccc(-c4cnc(N)nc4)cc3)CCC2)ccn1. The summed E-state index contributed by atoms with van der Waals surface area (Å²) in [5, 5.41) is 2.98. The maximum absolute atomic E-state index is 13.0. The fraction of sp³-hybridized carbons (Fsp3) is 0.200. The fourth-order valence-electron chi connectivity index (χ4n) is 3.42. The zero-order chi connectivity index (χ0) is 18.9. The topological polar surface area (TPSA) is 120 Å². The number of hydrogen-bond acceptors (Lipinski definition) is 6. The van der Waals surface area contributed by atoms with E-state index in [1.807, 2.05) is 24.3 Å². The zero-order valence-corrected chi connectivity index (χ0v) is 14.7. The minimum absolute atomic E-state index is 0.0112. The van der Waals surface area contributed by atoms with Crippen molar-refractivity contribution in [3.8, 4) is 11.1 Å². The number of nitrogen functional groups attached to an aromatic ring is 2. The average Bonchev–Trinajstić information content (AvgIpc) is 2.62. The van der Waals surface area contributed by atoms with Crippen LogP contribution >= 0.6 is 0 Å². The molecule has 1 amide bonds. The van der Waals surface area contributed by atoms with Gasteiger partial charge in [-0.2, -0.15) is 0 Å². The molecule has 7 nitrogen and oxygen atoms in total. The molecule has 1 saturated carbocycles. The third-order valence-corrected chi connectivity index (χ3v) is 5.12. The largest absolute Gasteiger partial charge is 0.384 e. The number of carbonyl (C=O) groups is 1. The lowest BCUT2D eigenvalue weighted by Gasteiger charge is -2.40. The smallest absolute Gasteiger partial charge is 0.235 e. The van der Waals surface area contributed by atoms with Crippen molar-refractivity contribution in [1.82, 2.24) is 15.0 Å². The van der Waals surface area contributed by atoms with Gasteiger partial charge in [-0.1, -0.05) is 30.7 Å². The fourth-order valence-corrected chi connectivity index (χ4v) is 3.42. The molecular weight excluding hydrogens is 340 g/mol. The molecule has 0 bridgehead atoms. The lowest BCUT2D eigenvalue weighted by atomic mass is 9.63. The molecule has 5 N–H and O–H groups in total. The Bertz CT molecular complexity index is 965.